The predicted octanol–water partition coefficient (Wildman–Crippen LogP) is 1.45. The lowest BCUT2D eigenvalue weighted by atomic mass is 10.2. The molecule has 3 amide bonds. The van der Waals surface area contributed by atoms with E-state index in [-0.39, 0.29) is 19.1 Å². The van der Waals surface area contributed by atoms with Gasteiger partial charge in [0.15, 0.2) is 6.61 Å². The van der Waals surface area contributed by atoms with Gasteiger partial charge < -0.3 is 15.0 Å². The maximum absolute atomic E-state index is 12.0. The molecule has 1 aliphatic heterocycles. The van der Waals surface area contributed by atoms with Crippen LogP contribution in [0.4, 0.5) is 0 Å². The first-order chi connectivity index (χ1) is 14.6. The van der Waals surface area contributed by atoms with E-state index in [9.17, 15) is 14.4 Å². The molecule has 3 rings (SSSR count). The van der Waals surface area contributed by atoms with Crippen LogP contribution in [0.25, 0.3) is 0 Å². The zero-order valence-electron chi connectivity index (χ0n) is 16.5. The molecule has 1 heterocycles. The SMILES string of the molecule is O=C(NCc1ccccc1)C(=O)N/N=C\c1ccc(OCC(=O)N2CCCC2)cc1. The van der Waals surface area contributed by atoms with E-state index in [0.717, 1.165) is 31.5 Å². The van der Waals surface area contributed by atoms with E-state index < -0.39 is 11.8 Å². The first-order valence-electron chi connectivity index (χ1n) is 9.77. The van der Waals surface area contributed by atoms with E-state index in [2.05, 4.69) is 15.8 Å². The first kappa shape index (κ1) is 21.0. The summed E-state index contributed by atoms with van der Waals surface area (Å²) in [7, 11) is 0. The lowest BCUT2D eigenvalue weighted by Gasteiger charge is -2.15. The van der Waals surface area contributed by atoms with E-state index in [1.54, 1.807) is 29.2 Å². The Bertz CT molecular complexity index is 891. The van der Waals surface area contributed by atoms with Crippen molar-refractivity contribution in [3.8, 4) is 5.75 Å². The molecule has 0 bridgehead atoms. The number of hydrogen-bond acceptors (Lipinski definition) is 5. The van der Waals surface area contributed by atoms with Crippen molar-refractivity contribution >= 4 is 23.9 Å². The second-order valence-corrected chi connectivity index (χ2v) is 6.81. The largest absolute Gasteiger partial charge is 0.484 e. The van der Waals surface area contributed by atoms with Gasteiger partial charge in [0.2, 0.25) is 0 Å². The number of nitrogens with zero attached hydrogens (tertiary/aromatic N) is 2. The number of hydrogen-bond donors (Lipinski definition) is 2. The van der Waals surface area contributed by atoms with Gasteiger partial charge in [-0.15, -0.1) is 0 Å². The molecule has 0 spiro atoms. The molecule has 30 heavy (non-hydrogen) atoms. The van der Waals surface area contributed by atoms with Crippen molar-refractivity contribution < 1.29 is 19.1 Å². The van der Waals surface area contributed by atoms with Crippen molar-refractivity contribution in [2.75, 3.05) is 19.7 Å². The van der Waals surface area contributed by atoms with Crippen molar-refractivity contribution in [2.45, 2.75) is 19.4 Å². The number of nitrogens with one attached hydrogen (secondary N) is 2. The molecule has 1 saturated heterocycles. The maximum Gasteiger partial charge on any atom is 0.329 e. The fraction of sp³-hybridized carbons (Fsp3) is 0.273. The monoisotopic (exact) mass is 408 g/mol. The van der Waals surface area contributed by atoms with E-state index in [1.165, 1.54) is 6.21 Å². The van der Waals surface area contributed by atoms with E-state index in [4.69, 9.17) is 4.74 Å². The van der Waals surface area contributed by atoms with Gasteiger partial charge >= 0.3 is 11.8 Å². The summed E-state index contributed by atoms with van der Waals surface area (Å²) in [5.41, 5.74) is 3.79. The molecule has 8 nitrogen and oxygen atoms in total. The van der Waals surface area contributed by atoms with Crippen LogP contribution in [-0.4, -0.2) is 48.5 Å². The highest BCUT2D eigenvalue weighted by Gasteiger charge is 2.18. The Morgan fingerprint density at radius 2 is 1.67 bits per heavy atom. The van der Waals surface area contributed by atoms with Crippen LogP contribution in [-0.2, 0) is 20.9 Å². The normalized spacial score (nSPS) is 13.3. The first-order valence-corrected chi connectivity index (χ1v) is 9.77. The molecule has 2 aromatic rings. The van der Waals surface area contributed by atoms with Gasteiger partial charge in [-0.1, -0.05) is 30.3 Å². The Kier molecular flexibility index (Phi) is 7.54. The number of carbonyl (C=O) groups excluding carboxylic acids is 3. The smallest absolute Gasteiger partial charge is 0.329 e. The highest BCUT2D eigenvalue weighted by Crippen LogP contribution is 2.12. The molecule has 2 N–H and O–H groups in total. The summed E-state index contributed by atoms with van der Waals surface area (Å²) in [6, 6.07) is 16.2. The van der Waals surface area contributed by atoms with Crippen LogP contribution in [0.1, 0.15) is 24.0 Å². The third-order valence-electron chi connectivity index (χ3n) is 4.58. The number of carbonyl (C=O) groups is 3. The maximum atomic E-state index is 12.0. The van der Waals surface area contributed by atoms with Gasteiger partial charge in [-0.05, 0) is 48.2 Å². The molecule has 1 aliphatic rings. The Hall–Kier alpha value is -3.68. The summed E-state index contributed by atoms with van der Waals surface area (Å²) < 4.78 is 5.51. The second-order valence-electron chi connectivity index (χ2n) is 6.81. The van der Waals surface area contributed by atoms with Crippen molar-refractivity contribution in [3.63, 3.8) is 0 Å². The second kappa shape index (κ2) is 10.8. The lowest BCUT2D eigenvalue weighted by molar-refractivity contribution is -0.139. The van der Waals surface area contributed by atoms with Gasteiger partial charge in [0.05, 0.1) is 6.21 Å². The minimum absolute atomic E-state index is 0.00797. The average Bonchev–Trinajstić information content (AvgIpc) is 3.32. The van der Waals surface area contributed by atoms with Crippen LogP contribution in [0.2, 0.25) is 0 Å². The summed E-state index contributed by atoms with van der Waals surface area (Å²) in [4.78, 5) is 37.3. The molecule has 8 heteroatoms. The molecular formula is C22H24N4O4. The topological polar surface area (TPSA) is 100 Å². The summed E-state index contributed by atoms with van der Waals surface area (Å²) in [5, 5.41) is 6.31. The quantitative estimate of drug-likeness (QED) is 0.411. The molecule has 0 radical (unpaired) electrons. The molecule has 0 saturated carbocycles. The highest BCUT2D eigenvalue weighted by molar-refractivity contribution is 6.35. The summed E-state index contributed by atoms with van der Waals surface area (Å²) >= 11 is 0. The summed E-state index contributed by atoms with van der Waals surface area (Å²) in [6.07, 6.45) is 3.51. The van der Waals surface area contributed by atoms with E-state index in [1.807, 2.05) is 30.3 Å². The van der Waals surface area contributed by atoms with Crippen molar-refractivity contribution in [1.29, 1.82) is 0 Å². The molecule has 0 aliphatic carbocycles. The Balaban J connectivity index is 1.39. The standard InChI is InChI=1S/C22H24N4O4/c27-20(26-12-4-5-13-26)16-30-19-10-8-18(9-11-19)15-24-25-22(29)21(28)23-14-17-6-2-1-3-7-17/h1-3,6-11,15H,4-5,12-14,16H2,(H,23,28)(H,25,29)/b24-15-. The Morgan fingerprint density at radius 1 is 0.967 bits per heavy atom. The number of amides is 3. The molecule has 0 unspecified atom stereocenters. The molecule has 1 fully saturated rings. The van der Waals surface area contributed by atoms with Gasteiger partial charge in [-0.3, -0.25) is 14.4 Å². The van der Waals surface area contributed by atoms with Crippen LogP contribution < -0.4 is 15.5 Å². The average molecular weight is 408 g/mol. The molecular weight excluding hydrogens is 384 g/mol. The molecule has 156 valence electrons. The van der Waals surface area contributed by atoms with Crippen LogP contribution in [0.15, 0.2) is 59.7 Å². The van der Waals surface area contributed by atoms with Crippen LogP contribution in [0.3, 0.4) is 0 Å². The van der Waals surface area contributed by atoms with E-state index in [0.29, 0.717) is 11.3 Å². The fourth-order valence-electron chi connectivity index (χ4n) is 2.93. The summed E-state index contributed by atoms with van der Waals surface area (Å²) in [6.45, 7) is 1.88. The Morgan fingerprint density at radius 3 is 2.37 bits per heavy atom. The number of benzene rings is 2. The lowest BCUT2D eigenvalue weighted by Crippen LogP contribution is -2.37. The van der Waals surface area contributed by atoms with Crippen molar-refractivity contribution in [1.82, 2.24) is 15.6 Å². The van der Waals surface area contributed by atoms with Crippen LogP contribution >= 0.6 is 0 Å². The third-order valence-corrected chi connectivity index (χ3v) is 4.58. The molecule has 0 aromatic heterocycles. The van der Waals surface area contributed by atoms with Crippen LogP contribution in [0.5, 0.6) is 5.75 Å². The molecule has 0 atom stereocenters. The number of ether oxygens (including phenoxy) is 1. The summed E-state index contributed by atoms with van der Waals surface area (Å²) in [5.74, 6) is -1.04. The number of likely N-dealkylation sites (tertiary alicyclic amines) is 1. The van der Waals surface area contributed by atoms with Gasteiger partial charge in [0, 0.05) is 19.6 Å². The van der Waals surface area contributed by atoms with Gasteiger partial charge in [0.1, 0.15) is 5.75 Å². The zero-order valence-corrected chi connectivity index (χ0v) is 16.5. The number of hydrazone groups is 1. The van der Waals surface area contributed by atoms with Gasteiger partial charge in [0.25, 0.3) is 5.91 Å². The molecule has 2 aromatic carbocycles. The highest BCUT2D eigenvalue weighted by atomic mass is 16.5. The van der Waals surface area contributed by atoms with E-state index >= 15 is 0 Å². The van der Waals surface area contributed by atoms with Gasteiger partial charge in [-0.25, -0.2) is 5.43 Å². The van der Waals surface area contributed by atoms with Gasteiger partial charge in [-0.2, -0.15) is 5.10 Å². The minimum atomic E-state index is -0.845. The number of rotatable bonds is 7. The van der Waals surface area contributed by atoms with Crippen molar-refractivity contribution in [2.24, 2.45) is 5.10 Å². The predicted molar refractivity (Wildman–Crippen MR) is 112 cm³/mol. The van der Waals surface area contributed by atoms with Crippen LogP contribution in [0, 0.1) is 0 Å². The zero-order chi connectivity index (χ0) is 21.2. The third kappa shape index (κ3) is 6.44. The van der Waals surface area contributed by atoms with Crippen molar-refractivity contribution in [3.05, 3.63) is 65.7 Å². The fourth-order valence-corrected chi connectivity index (χ4v) is 2.93. The minimum Gasteiger partial charge on any atom is -0.484 e. The Labute approximate surface area is 174 Å².